The van der Waals surface area contributed by atoms with E-state index in [9.17, 15) is 18.4 Å². The fraction of sp³-hybridized carbons (Fsp3) is 0. The van der Waals surface area contributed by atoms with E-state index in [-0.39, 0.29) is 33.0 Å². The van der Waals surface area contributed by atoms with Crippen molar-refractivity contribution in [2.45, 2.75) is 0 Å². The van der Waals surface area contributed by atoms with Gasteiger partial charge in [-0.05, 0) is 54.6 Å². The molecular formula is C22H12ClF2NO3. The van der Waals surface area contributed by atoms with Gasteiger partial charge in [0.05, 0.1) is 21.8 Å². The summed E-state index contributed by atoms with van der Waals surface area (Å²) in [5, 5.41) is 9.15. The molecule has 1 N–H and O–H groups in total. The standard InChI is InChI=1S/C22H12ClF2NO3/c23-16-3-1-4-17(24)14(16)11-15-20-18(25)5-2-6-19(20)26(21(15)27)13-9-7-12(8-10-13)22(28)29/h1-11H,(H,28,29)/b15-11-. The summed E-state index contributed by atoms with van der Waals surface area (Å²) in [4.78, 5) is 25.5. The van der Waals surface area contributed by atoms with E-state index >= 15 is 0 Å². The molecule has 0 unspecified atom stereocenters. The Morgan fingerprint density at radius 2 is 1.62 bits per heavy atom. The van der Waals surface area contributed by atoms with Crippen molar-refractivity contribution in [2.24, 2.45) is 0 Å². The Kier molecular flexibility index (Phi) is 4.64. The third-order valence-corrected chi connectivity index (χ3v) is 4.93. The number of rotatable bonds is 3. The number of nitrogens with zero attached hydrogens (tertiary/aromatic N) is 1. The lowest BCUT2D eigenvalue weighted by atomic mass is 10.0. The second kappa shape index (κ2) is 7.14. The van der Waals surface area contributed by atoms with E-state index in [1.165, 1.54) is 65.6 Å². The smallest absolute Gasteiger partial charge is 0.335 e. The van der Waals surface area contributed by atoms with Gasteiger partial charge >= 0.3 is 5.97 Å². The predicted molar refractivity (Wildman–Crippen MR) is 106 cm³/mol. The Morgan fingerprint density at radius 3 is 2.28 bits per heavy atom. The highest BCUT2D eigenvalue weighted by molar-refractivity contribution is 6.39. The number of hydrogen-bond acceptors (Lipinski definition) is 2. The van der Waals surface area contributed by atoms with Gasteiger partial charge < -0.3 is 5.11 Å². The topological polar surface area (TPSA) is 57.6 Å². The van der Waals surface area contributed by atoms with Crippen molar-refractivity contribution in [3.05, 3.63) is 94.0 Å². The minimum atomic E-state index is -1.11. The quantitative estimate of drug-likeness (QED) is 0.576. The Balaban J connectivity index is 1.89. The van der Waals surface area contributed by atoms with Gasteiger partial charge in [-0.3, -0.25) is 9.69 Å². The Bertz CT molecular complexity index is 1170. The van der Waals surface area contributed by atoms with Crippen molar-refractivity contribution in [1.29, 1.82) is 0 Å². The molecule has 0 atom stereocenters. The highest BCUT2D eigenvalue weighted by atomic mass is 35.5. The molecule has 3 aromatic carbocycles. The summed E-state index contributed by atoms with van der Waals surface area (Å²) in [6, 6.07) is 13.9. The van der Waals surface area contributed by atoms with E-state index < -0.39 is 23.5 Å². The van der Waals surface area contributed by atoms with Crippen LogP contribution >= 0.6 is 11.6 Å². The molecule has 4 rings (SSSR count). The van der Waals surface area contributed by atoms with Crippen LogP contribution in [0.4, 0.5) is 20.2 Å². The summed E-state index contributed by atoms with van der Waals surface area (Å²) >= 11 is 6.06. The second-order valence-corrected chi connectivity index (χ2v) is 6.73. The van der Waals surface area contributed by atoms with E-state index in [0.717, 1.165) is 0 Å². The molecule has 1 heterocycles. The summed E-state index contributed by atoms with van der Waals surface area (Å²) in [5.74, 6) is -2.96. The first kappa shape index (κ1) is 18.8. The normalized spacial score (nSPS) is 14.4. The predicted octanol–water partition coefficient (Wildman–Crippen LogP) is 5.54. The molecule has 4 nitrogen and oxygen atoms in total. The highest BCUT2D eigenvalue weighted by Crippen LogP contribution is 2.44. The molecule has 1 amide bonds. The highest BCUT2D eigenvalue weighted by Gasteiger charge is 2.36. The summed E-state index contributed by atoms with van der Waals surface area (Å²) in [6.07, 6.45) is 1.23. The van der Waals surface area contributed by atoms with Crippen LogP contribution in [0.1, 0.15) is 21.5 Å². The lowest BCUT2D eigenvalue weighted by Crippen LogP contribution is -2.20. The zero-order valence-electron chi connectivity index (χ0n) is 14.7. The Hall–Kier alpha value is -3.51. The average molecular weight is 412 g/mol. The molecular weight excluding hydrogens is 400 g/mol. The lowest BCUT2D eigenvalue weighted by Gasteiger charge is -2.17. The number of carbonyl (C=O) groups excluding carboxylic acids is 1. The van der Waals surface area contributed by atoms with Crippen molar-refractivity contribution in [1.82, 2.24) is 0 Å². The molecule has 0 spiro atoms. The number of amides is 1. The number of anilines is 2. The van der Waals surface area contributed by atoms with E-state index in [4.69, 9.17) is 16.7 Å². The molecule has 1 aliphatic rings. The van der Waals surface area contributed by atoms with Crippen molar-refractivity contribution in [3.63, 3.8) is 0 Å². The number of carboxylic acid groups (broad SMARTS) is 1. The van der Waals surface area contributed by atoms with Crippen LogP contribution in [-0.4, -0.2) is 17.0 Å². The first-order valence-electron chi connectivity index (χ1n) is 8.51. The van der Waals surface area contributed by atoms with E-state index in [1.807, 2.05) is 0 Å². The molecule has 3 aromatic rings. The molecule has 1 aliphatic heterocycles. The minimum Gasteiger partial charge on any atom is -0.478 e. The van der Waals surface area contributed by atoms with Crippen LogP contribution in [0, 0.1) is 11.6 Å². The summed E-state index contributed by atoms with van der Waals surface area (Å²) in [5.41, 5.74) is 0.641. The number of aromatic carboxylic acids is 1. The molecule has 0 bridgehead atoms. The van der Waals surface area contributed by atoms with Gasteiger partial charge in [-0.25, -0.2) is 13.6 Å². The van der Waals surface area contributed by atoms with Crippen molar-refractivity contribution in [2.75, 3.05) is 4.90 Å². The third kappa shape index (κ3) is 3.17. The molecule has 0 saturated carbocycles. The molecule has 0 fully saturated rings. The molecule has 29 heavy (non-hydrogen) atoms. The van der Waals surface area contributed by atoms with Gasteiger partial charge in [0.25, 0.3) is 5.91 Å². The first-order chi connectivity index (χ1) is 13.9. The second-order valence-electron chi connectivity index (χ2n) is 6.32. The van der Waals surface area contributed by atoms with Gasteiger partial charge in [0.15, 0.2) is 0 Å². The van der Waals surface area contributed by atoms with Crippen LogP contribution in [0.2, 0.25) is 5.02 Å². The molecule has 7 heteroatoms. The number of halogens is 3. The molecule has 0 aliphatic carbocycles. The lowest BCUT2D eigenvalue weighted by molar-refractivity contribution is -0.112. The van der Waals surface area contributed by atoms with Crippen LogP contribution in [0.25, 0.3) is 11.6 Å². The van der Waals surface area contributed by atoms with Gasteiger partial charge in [-0.2, -0.15) is 0 Å². The van der Waals surface area contributed by atoms with Crippen LogP contribution in [-0.2, 0) is 4.79 Å². The fourth-order valence-electron chi connectivity index (χ4n) is 3.24. The zero-order chi connectivity index (χ0) is 20.7. The average Bonchev–Trinajstić information content (AvgIpc) is 2.97. The summed E-state index contributed by atoms with van der Waals surface area (Å²) in [6.45, 7) is 0. The van der Waals surface area contributed by atoms with Gasteiger partial charge in [0.1, 0.15) is 11.6 Å². The maximum atomic E-state index is 14.7. The third-order valence-electron chi connectivity index (χ3n) is 4.60. The molecule has 0 radical (unpaired) electrons. The Labute approximate surface area is 169 Å². The van der Waals surface area contributed by atoms with E-state index in [0.29, 0.717) is 5.69 Å². The van der Waals surface area contributed by atoms with Gasteiger partial charge in [0.2, 0.25) is 0 Å². The maximum absolute atomic E-state index is 14.7. The fourth-order valence-corrected chi connectivity index (χ4v) is 3.46. The maximum Gasteiger partial charge on any atom is 0.335 e. The SMILES string of the molecule is O=C(O)c1ccc(N2C(=O)/C(=C\c3c(F)cccc3Cl)c3c(F)cccc32)cc1. The van der Waals surface area contributed by atoms with Crippen LogP contribution in [0.5, 0.6) is 0 Å². The number of benzene rings is 3. The summed E-state index contributed by atoms with van der Waals surface area (Å²) < 4.78 is 28.9. The monoisotopic (exact) mass is 411 g/mol. The molecule has 0 saturated heterocycles. The van der Waals surface area contributed by atoms with Gasteiger partial charge in [-0.1, -0.05) is 23.7 Å². The van der Waals surface area contributed by atoms with Crippen LogP contribution in [0.3, 0.4) is 0 Å². The largest absolute Gasteiger partial charge is 0.478 e. The summed E-state index contributed by atoms with van der Waals surface area (Å²) in [7, 11) is 0. The number of carbonyl (C=O) groups is 2. The Morgan fingerprint density at radius 1 is 0.966 bits per heavy atom. The van der Waals surface area contributed by atoms with Crippen molar-refractivity contribution >= 4 is 46.5 Å². The minimum absolute atomic E-state index is 0.0187. The number of fused-ring (bicyclic) bond motifs is 1. The van der Waals surface area contributed by atoms with Gasteiger partial charge in [-0.15, -0.1) is 0 Å². The van der Waals surface area contributed by atoms with Crippen LogP contribution < -0.4 is 4.90 Å². The molecule has 144 valence electrons. The van der Waals surface area contributed by atoms with E-state index in [2.05, 4.69) is 0 Å². The number of hydrogen-bond donors (Lipinski definition) is 1. The van der Waals surface area contributed by atoms with Crippen molar-refractivity contribution < 1.29 is 23.5 Å². The molecule has 0 aromatic heterocycles. The first-order valence-corrected chi connectivity index (χ1v) is 8.88. The zero-order valence-corrected chi connectivity index (χ0v) is 15.5. The van der Waals surface area contributed by atoms with E-state index in [1.54, 1.807) is 6.07 Å². The van der Waals surface area contributed by atoms with Gasteiger partial charge in [0, 0.05) is 16.8 Å². The number of carboxylic acids is 1. The van der Waals surface area contributed by atoms with Crippen LogP contribution in [0.15, 0.2) is 60.7 Å². The van der Waals surface area contributed by atoms with Crippen molar-refractivity contribution in [3.8, 4) is 0 Å².